The van der Waals surface area contributed by atoms with Crippen LogP contribution in [-0.2, 0) is 20.8 Å². The molecule has 1 aliphatic heterocycles. The van der Waals surface area contributed by atoms with Crippen LogP contribution in [0.3, 0.4) is 0 Å². The molecule has 0 radical (unpaired) electrons. The van der Waals surface area contributed by atoms with Crippen LogP contribution in [-0.4, -0.2) is 34.7 Å². The number of benzene rings is 1. The molecule has 1 amide bonds. The Kier molecular flexibility index (Phi) is 12.9. The average Bonchev–Trinajstić information content (AvgIpc) is 3.11. The second kappa shape index (κ2) is 15.6. The van der Waals surface area contributed by atoms with Gasteiger partial charge in [0.2, 0.25) is 0 Å². The van der Waals surface area contributed by atoms with E-state index in [1.807, 2.05) is 57.2 Å². The Labute approximate surface area is 213 Å². The fraction of sp³-hybridized carbons (Fsp3) is 0.667. The van der Waals surface area contributed by atoms with E-state index < -0.39 is 29.8 Å². The van der Waals surface area contributed by atoms with Crippen molar-refractivity contribution >= 4 is 12.1 Å². The zero-order valence-corrected chi connectivity index (χ0v) is 22.5. The van der Waals surface area contributed by atoms with Crippen LogP contribution in [0.5, 0.6) is 0 Å². The summed E-state index contributed by atoms with van der Waals surface area (Å²) in [5.74, 6) is -0.427. The fourth-order valence-electron chi connectivity index (χ4n) is 4.41. The maximum Gasteiger partial charge on any atom is 0.411 e. The molecular formula is C30H47NO4. The summed E-state index contributed by atoms with van der Waals surface area (Å²) < 4.78 is 11.2. The summed E-state index contributed by atoms with van der Waals surface area (Å²) in [4.78, 5) is 27.2. The largest absolute Gasteiger partial charge is 0.458 e. The fourth-order valence-corrected chi connectivity index (χ4v) is 4.41. The van der Waals surface area contributed by atoms with Crippen LogP contribution in [0.25, 0.3) is 0 Å². The van der Waals surface area contributed by atoms with Crippen LogP contribution in [0.2, 0.25) is 0 Å². The lowest BCUT2D eigenvalue weighted by Gasteiger charge is -2.27. The van der Waals surface area contributed by atoms with Crippen LogP contribution in [0.15, 0.2) is 42.5 Å². The number of nitrogens with zero attached hydrogens (tertiary/aromatic N) is 1. The highest BCUT2D eigenvalue weighted by molar-refractivity contribution is 5.85. The summed E-state index contributed by atoms with van der Waals surface area (Å²) in [5, 5.41) is 0. The molecule has 0 N–H and O–H groups in total. The van der Waals surface area contributed by atoms with Gasteiger partial charge in [0.15, 0.2) is 12.1 Å². The Hall–Kier alpha value is -2.30. The first-order valence-electron chi connectivity index (χ1n) is 13.7. The lowest BCUT2D eigenvalue weighted by atomic mass is 10.0. The van der Waals surface area contributed by atoms with E-state index in [1.165, 1.54) is 69.1 Å². The van der Waals surface area contributed by atoms with E-state index in [1.54, 1.807) is 0 Å². The lowest BCUT2D eigenvalue weighted by Crippen LogP contribution is -2.45. The molecule has 5 heteroatoms. The molecule has 5 nitrogen and oxygen atoms in total. The number of ether oxygens (including phenoxy) is 2. The molecule has 1 aromatic carbocycles. The molecule has 0 aliphatic carbocycles. The first kappa shape index (κ1) is 28.9. The Balaban J connectivity index is 1.79. The van der Waals surface area contributed by atoms with Crippen molar-refractivity contribution in [1.29, 1.82) is 0 Å². The smallest absolute Gasteiger partial charge is 0.411 e. The molecule has 35 heavy (non-hydrogen) atoms. The van der Waals surface area contributed by atoms with E-state index >= 15 is 0 Å². The Morgan fingerprint density at radius 3 is 2.09 bits per heavy atom. The maximum atomic E-state index is 13.0. The quantitative estimate of drug-likeness (QED) is 0.135. The predicted molar refractivity (Wildman–Crippen MR) is 142 cm³/mol. The van der Waals surface area contributed by atoms with Crippen LogP contribution >= 0.6 is 0 Å². The summed E-state index contributed by atoms with van der Waals surface area (Å²) in [6.07, 6.45) is 18.2. The molecule has 1 saturated heterocycles. The number of unbranched alkanes of at least 4 members (excludes halogenated alkanes) is 11. The van der Waals surface area contributed by atoms with Crippen LogP contribution in [0, 0.1) is 0 Å². The van der Waals surface area contributed by atoms with Gasteiger partial charge >= 0.3 is 12.1 Å². The van der Waals surface area contributed by atoms with Gasteiger partial charge in [0.05, 0.1) is 6.54 Å². The first-order chi connectivity index (χ1) is 16.8. The van der Waals surface area contributed by atoms with Crippen molar-refractivity contribution in [3.63, 3.8) is 0 Å². The molecule has 0 aromatic heterocycles. The highest BCUT2D eigenvalue weighted by Gasteiger charge is 2.46. The molecule has 1 fully saturated rings. The molecule has 1 aliphatic rings. The number of hydrogen-bond acceptors (Lipinski definition) is 4. The molecule has 2 rings (SSSR count). The second-order valence-electron chi connectivity index (χ2n) is 10.7. The Morgan fingerprint density at radius 2 is 1.51 bits per heavy atom. The van der Waals surface area contributed by atoms with Crippen molar-refractivity contribution in [2.24, 2.45) is 0 Å². The third-order valence-electron chi connectivity index (χ3n) is 6.26. The molecule has 2 atom stereocenters. The molecule has 0 spiro atoms. The van der Waals surface area contributed by atoms with E-state index in [4.69, 9.17) is 9.47 Å². The van der Waals surface area contributed by atoms with E-state index in [0.717, 1.165) is 18.4 Å². The van der Waals surface area contributed by atoms with Gasteiger partial charge in [-0.2, -0.15) is 0 Å². The zero-order chi connectivity index (χ0) is 25.5. The van der Waals surface area contributed by atoms with Crippen molar-refractivity contribution in [3.05, 3.63) is 48.0 Å². The van der Waals surface area contributed by atoms with Crippen molar-refractivity contribution in [3.8, 4) is 0 Å². The molecule has 196 valence electrons. The summed E-state index contributed by atoms with van der Waals surface area (Å²) in [5.41, 5.74) is 0.314. The first-order valence-corrected chi connectivity index (χ1v) is 13.7. The monoisotopic (exact) mass is 485 g/mol. The number of hydrogen-bond donors (Lipinski definition) is 0. The molecular weight excluding hydrogens is 438 g/mol. The summed E-state index contributed by atoms with van der Waals surface area (Å²) in [6.45, 7) is 8.08. The van der Waals surface area contributed by atoms with E-state index in [0.29, 0.717) is 6.54 Å². The molecule has 0 bridgehead atoms. The van der Waals surface area contributed by atoms with Gasteiger partial charge in [-0.1, -0.05) is 108 Å². The van der Waals surface area contributed by atoms with Crippen molar-refractivity contribution in [2.75, 3.05) is 0 Å². The van der Waals surface area contributed by atoms with Gasteiger partial charge in [-0.05, 0) is 45.3 Å². The van der Waals surface area contributed by atoms with Crippen LogP contribution in [0.4, 0.5) is 4.79 Å². The number of carbonyl (C=O) groups is 2. The minimum atomic E-state index is -0.782. The van der Waals surface area contributed by atoms with Crippen LogP contribution in [0.1, 0.15) is 110 Å². The minimum absolute atomic E-state index is 0.312. The van der Waals surface area contributed by atoms with E-state index in [9.17, 15) is 9.59 Å². The number of esters is 1. The number of allylic oxidation sites excluding steroid dienone is 1. The van der Waals surface area contributed by atoms with Gasteiger partial charge in [0, 0.05) is 0 Å². The lowest BCUT2D eigenvalue weighted by molar-refractivity contribution is -0.160. The van der Waals surface area contributed by atoms with Gasteiger partial charge in [-0.15, -0.1) is 0 Å². The Bertz CT molecular complexity index is 768. The standard InChI is InChI=1S/C30H47NO4/c1-5-6-7-8-9-10-11-12-13-14-15-16-20-23-26-27(28(32)35-30(2,3)4)31(29(33)34-26)24-25-21-18-17-19-22-25/h17-23,26-27H,5-16,24H2,1-4H3/b23-20+/t26-,27+/m0/s1. The average molecular weight is 486 g/mol. The summed E-state index contributed by atoms with van der Waals surface area (Å²) in [7, 11) is 0. The third-order valence-corrected chi connectivity index (χ3v) is 6.26. The van der Waals surface area contributed by atoms with Crippen LogP contribution < -0.4 is 0 Å². The highest BCUT2D eigenvalue weighted by atomic mass is 16.6. The Morgan fingerprint density at radius 1 is 0.943 bits per heavy atom. The minimum Gasteiger partial charge on any atom is -0.458 e. The third kappa shape index (κ3) is 11.3. The van der Waals surface area contributed by atoms with E-state index in [2.05, 4.69) is 13.0 Å². The normalized spacial score (nSPS) is 18.3. The zero-order valence-electron chi connectivity index (χ0n) is 22.5. The predicted octanol–water partition coefficient (Wildman–Crippen LogP) is 7.98. The van der Waals surface area contributed by atoms with Crippen molar-refractivity contribution in [1.82, 2.24) is 4.90 Å². The van der Waals surface area contributed by atoms with Crippen molar-refractivity contribution < 1.29 is 19.1 Å². The number of rotatable bonds is 16. The summed E-state index contributed by atoms with van der Waals surface area (Å²) in [6, 6.07) is 8.87. The van der Waals surface area contributed by atoms with Gasteiger partial charge < -0.3 is 9.47 Å². The number of carbonyl (C=O) groups excluding carboxylic acids is 2. The molecule has 0 saturated carbocycles. The number of cyclic esters (lactones) is 1. The topological polar surface area (TPSA) is 55.8 Å². The molecule has 1 aromatic rings. The van der Waals surface area contributed by atoms with Gasteiger partial charge in [-0.25, -0.2) is 9.59 Å². The SMILES string of the molecule is CCCCCCCCCCCCC/C=C/[C@@H]1OC(=O)N(Cc2ccccc2)[C@H]1C(=O)OC(C)(C)C. The van der Waals surface area contributed by atoms with E-state index in [-0.39, 0.29) is 0 Å². The maximum absolute atomic E-state index is 13.0. The van der Waals surface area contributed by atoms with Gasteiger partial charge in [0.25, 0.3) is 0 Å². The highest BCUT2D eigenvalue weighted by Crippen LogP contribution is 2.26. The van der Waals surface area contributed by atoms with Crippen molar-refractivity contribution in [2.45, 2.75) is 129 Å². The number of amides is 1. The van der Waals surface area contributed by atoms with Gasteiger partial charge in [0.1, 0.15) is 5.60 Å². The second-order valence-corrected chi connectivity index (χ2v) is 10.7. The molecule has 1 heterocycles. The summed E-state index contributed by atoms with van der Waals surface area (Å²) >= 11 is 0. The van der Waals surface area contributed by atoms with Gasteiger partial charge in [-0.3, -0.25) is 4.90 Å². The molecule has 0 unspecified atom stereocenters.